The molecule has 3 rings (SSSR count). The third-order valence-corrected chi connectivity index (χ3v) is 2.84. The Balaban J connectivity index is 1.75. The summed E-state index contributed by atoms with van der Waals surface area (Å²) in [6.45, 7) is 0. The number of pyridine rings is 2. The molecule has 0 fully saturated rings. The van der Waals surface area contributed by atoms with Gasteiger partial charge in [0.25, 0.3) is 5.91 Å². The van der Waals surface area contributed by atoms with Crippen LogP contribution in [0, 0.1) is 0 Å². The Hall–Kier alpha value is -3.15. The van der Waals surface area contributed by atoms with E-state index in [0.29, 0.717) is 11.4 Å². The molecule has 1 amide bonds. The number of carbonyl (C=O) groups is 1. The summed E-state index contributed by atoms with van der Waals surface area (Å²) in [7, 11) is 0. The average molecular weight is 277 g/mol. The number of amides is 1. The van der Waals surface area contributed by atoms with Gasteiger partial charge in [-0.2, -0.15) is 0 Å². The minimum atomic E-state index is -0.292. The monoisotopic (exact) mass is 277 g/mol. The lowest BCUT2D eigenvalue weighted by Gasteiger charge is -2.05. The van der Waals surface area contributed by atoms with Crippen LogP contribution < -0.4 is 5.32 Å². The molecule has 0 spiro atoms. The zero-order valence-electron chi connectivity index (χ0n) is 11.0. The Bertz CT molecular complexity index is 729. The summed E-state index contributed by atoms with van der Waals surface area (Å²) in [4.78, 5) is 27.7. The summed E-state index contributed by atoms with van der Waals surface area (Å²) in [6.07, 6.45) is 9.42. The number of nitrogens with one attached hydrogen (secondary N) is 1. The number of carbonyl (C=O) groups excluding carboxylic acids is 1. The fourth-order valence-electron chi connectivity index (χ4n) is 1.79. The van der Waals surface area contributed by atoms with E-state index < -0.39 is 0 Å². The molecule has 0 saturated heterocycles. The minimum Gasteiger partial charge on any atom is -0.306 e. The predicted octanol–water partition coefficient (Wildman–Crippen LogP) is 2.19. The van der Waals surface area contributed by atoms with E-state index in [1.165, 1.54) is 18.7 Å². The van der Waals surface area contributed by atoms with Gasteiger partial charge in [-0.05, 0) is 29.8 Å². The lowest BCUT2D eigenvalue weighted by Crippen LogP contribution is -2.13. The van der Waals surface area contributed by atoms with Gasteiger partial charge in [-0.15, -0.1) is 0 Å². The van der Waals surface area contributed by atoms with Crippen LogP contribution in [0.3, 0.4) is 0 Å². The van der Waals surface area contributed by atoms with Crippen molar-refractivity contribution in [3.8, 4) is 11.1 Å². The lowest BCUT2D eigenvalue weighted by atomic mass is 10.1. The highest BCUT2D eigenvalue weighted by Crippen LogP contribution is 2.18. The molecule has 0 saturated carbocycles. The number of rotatable bonds is 3. The van der Waals surface area contributed by atoms with Crippen LogP contribution in [0.1, 0.15) is 10.4 Å². The van der Waals surface area contributed by atoms with Crippen LogP contribution in [0.15, 0.2) is 61.6 Å². The van der Waals surface area contributed by atoms with Crippen molar-refractivity contribution in [3.05, 3.63) is 67.1 Å². The van der Waals surface area contributed by atoms with Crippen LogP contribution in [0.5, 0.6) is 0 Å². The van der Waals surface area contributed by atoms with E-state index >= 15 is 0 Å². The third kappa shape index (κ3) is 3.06. The number of hydrogen-bond acceptors (Lipinski definition) is 5. The fraction of sp³-hybridized carbons (Fsp3) is 0. The maximum absolute atomic E-state index is 11.9. The first-order valence-electron chi connectivity index (χ1n) is 6.26. The summed E-state index contributed by atoms with van der Waals surface area (Å²) in [5.41, 5.74) is 2.36. The standard InChI is InChI=1S/C15H11N5O/c21-15(13-7-17-10-18-8-13)20-14-2-1-12(9-19-14)11-3-5-16-6-4-11/h1-10H,(H,19,20,21). The van der Waals surface area contributed by atoms with Crippen molar-refractivity contribution in [2.24, 2.45) is 0 Å². The van der Waals surface area contributed by atoms with Gasteiger partial charge in [0.05, 0.1) is 5.56 Å². The molecule has 0 atom stereocenters. The number of aromatic nitrogens is 4. The highest BCUT2D eigenvalue weighted by atomic mass is 16.1. The summed E-state index contributed by atoms with van der Waals surface area (Å²) in [6, 6.07) is 7.43. The van der Waals surface area contributed by atoms with E-state index in [1.807, 2.05) is 18.2 Å². The van der Waals surface area contributed by atoms with Crippen LogP contribution >= 0.6 is 0 Å². The molecule has 3 aromatic heterocycles. The molecule has 0 aliphatic heterocycles. The molecule has 0 aromatic carbocycles. The molecular formula is C15H11N5O. The van der Waals surface area contributed by atoms with Gasteiger partial charge in [0.15, 0.2) is 0 Å². The van der Waals surface area contributed by atoms with Crippen molar-refractivity contribution in [2.45, 2.75) is 0 Å². The Kier molecular flexibility index (Phi) is 3.60. The molecule has 0 unspecified atom stereocenters. The van der Waals surface area contributed by atoms with E-state index in [4.69, 9.17) is 0 Å². The topological polar surface area (TPSA) is 80.7 Å². The maximum atomic E-state index is 11.9. The number of anilines is 1. The quantitative estimate of drug-likeness (QED) is 0.793. The predicted molar refractivity (Wildman–Crippen MR) is 77.5 cm³/mol. The van der Waals surface area contributed by atoms with Crippen LogP contribution in [0.2, 0.25) is 0 Å². The summed E-state index contributed by atoms with van der Waals surface area (Å²) >= 11 is 0. The number of nitrogens with zero attached hydrogens (tertiary/aromatic N) is 4. The van der Waals surface area contributed by atoms with Gasteiger partial charge >= 0.3 is 0 Å². The third-order valence-electron chi connectivity index (χ3n) is 2.84. The maximum Gasteiger partial charge on any atom is 0.259 e. The Morgan fingerprint density at radius 2 is 1.62 bits per heavy atom. The molecule has 21 heavy (non-hydrogen) atoms. The van der Waals surface area contributed by atoms with Crippen molar-refractivity contribution >= 4 is 11.7 Å². The van der Waals surface area contributed by atoms with Gasteiger partial charge in [0.1, 0.15) is 12.1 Å². The SMILES string of the molecule is O=C(Nc1ccc(-c2ccncc2)cn1)c1cncnc1. The molecule has 6 nitrogen and oxygen atoms in total. The molecule has 1 N–H and O–H groups in total. The largest absolute Gasteiger partial charge is 0.306 e. The lowest BCUT2D eigenvalue weighted by molar-refractivity contribution is 0.102. The second kappa shape index (κ2) is 5.87. The average Bonchev–Trinajstić information content (AvgIpc) is 2.57. The fourth-order valence-corrected chi connectivity index (χ4v) is 1.79. The van der Waals surface area contributed by atoms with Gasteiger partial charge in [0, 0.05) is 36.5 Å². The number of hydrogen-bond donors (Lipinski definition) is 1. The smallest absolute Gasteiger partial charge is 0.259 e. The van der Waals surface area contributed by atoms with Gasteiger partial charge in [0.2, 0.25) is 0 Å². The molecule has 6 heteroatoms. The molecule has 3 heterocycles. The Morgan fingerprint density at radius 3 is 2.29 bits per heavy atom. The van der Waals surface area contributed by atoms with Crippen molar-refractivity contribution < 1.29 is 4.79 Å². The van der Waals surface area contributed by atoms with Crippen LogP contribution in [0.25, 0.3) is 11.1 Å². The molecule has 0 aliphatic carbocycles. The summed E-state index contributed by atoms with van der Waals surface area (Å²) in [5, 5.41) is 2.69. The molecule has 102 valence electrons. The first kappa shape index (κ1) is 12.9. The van der Waals surface area contributed by atoms with Crippen molar-refractivity contribution in [1.82, 2.24) is 19.9 Å². The highest BCUT2D eigenvalue weighted by Gasteiger charge is 2.07. The minimum absolute atomic E-state index is 0.292. The molecule has 3 aromatic rings. The van der Waals surface area contributed by atoms with E-state index in [-0.39, 0.29) is 5.91 Å². The van der Waals surface area contributed by atoms with E-state index in [1.54, 1.807) is 24.7 Å². The Labute approximate surface area is 121 Å². The van der Waals surface area contributed by atoms with E-state index in [9.17, 15) is 4.79 Å². The van der Waals surface area contributed by atoms with Crippen LogP contribution in [-0.2, 0) is 0 Å². The van der Waals surface area contributed by atoms with Crippen molar-refractivity contribution in [3.63, 3.8) is 0 Å². The van der Waals surface area contributed by atoms with Crippen LogP contribution in [0.4, 0.5) is 5.82 Å². The summed E-state index contributed by atoms with van der Waals surface area (Å²) < 4.78 is 0. The van der Waals surface area contributed by atoms with Gasteiger partial charge in [-0.3, -0.25) is 9.78 Å². The second-order valence-electron chi connectivity index (χ2n) is 4.25. The van der Waals surface area contributed by atoms with Crippen molar-refractivity contribution in [1.29, 1.82) is 0 Å². The molecule has 0 aliphatic rings. The van der Waals surface area contributed by atoms with E-state index in [0.717, 1.165) is 11.1 Å². The first-order chi connectivity index (χ1) is 10.3. The Morgan fingerprint density at radius 1 is 0.857 bits per heavy atom. The van der Waals surface area contributed by atoms with Gasteiger partial charge in [-0.25, -0.2) is 15.0 Å². The molecule has 0 bridgehead atoms. The zero-order valence-corrected chi connectivity index (χ0v) is 11.0. The van der Waals surface area contributed by atoms with Gasteiger partial charge in [-0.1, -0.05) is 0 Å². The van der Waals surface area contributed by atoms with Gasteiger partial charge < -0.3 is 5.32 Å². The normalized spacial score (nSPS) is 10.1. The van der Waals surface area contributed by atoms with E-state index in [2.05, 4.69) is 25.3 Å². The van der Waals surface area contributed by atoms with Crippen molar-refractivity contribution in [2.75, 3.05) is 5.32 Å². The molecule has 0 radical (unpaired) electrons. The van der Waals surface area contributed by atoms with Crippen LogP contribution in [-0.4, -0.2) is 25.8 Å². The first-order valence-corrected chi connectivity index (χ1v) is 6.26. The zero-order chi connectivity index (χ0) is 14.5. The summed E-state index contributed by atoms with van der Waals surface area (Å²) in [5.74, 6) is 0.182. The molecular weight excluding hydrogens is 266 g/mol. The highest BCUT2D eigenvalue weighted by molar-refractivity contribution is 6.03. The second-order valence-corrected chi connectivity index (χ2v) is 4.25.